The zero-order valence-corrected chi connectivity index (χ0v) is 22.0. The quantitative estimate of drug-likeness (QED) is 0.340. The van der Waals surface area contributed by atoms with E-state index in [9.17, 15) is 22.8 Å². The molecule has 37 heavy (non-hydrogen) atoms. The topological polar surface area (TPSA) is 72.2 Å². The second-order valence-corrected chi connectivity index (χ2v) is 8.77. The van der Waals surface area contributed by atoms with Gasteiger partial charge in [-0.3, -0.25) is 8.96 Å². The molecule has 10 heteroatoms. The lowest BCUT2D eigenvalue weighted by Gasteiger charge is -2.21. The van der Waals surface area contributed by atoms with Gasteiger partial charge in [-0.2, -0.15) is 4.98 Å². The molecule has 202 valence electrons. The summed E-state index contributed by atoms with van der Waals surface area (Å²) < 4.78 is 38.5. The fourth-order valence-corrected chi connectivity index (χ4v) is 3.98. The maximum absolute atomic E-state index is 13.6. The number of hydrogen-bond acceptors (Lipinski definition) is 5. The van der Waals surface area contributed by atoms with Crippen LogP contribution >= 0.6 is 0 Å². The maximum atomic E-state index is 13.6. The summed E-state index contributed by atoms with van der Waals surface area (Å²) in [5, 5.41) is 2.92. The van der Waals surface area contributed by atoms with Crippen LogP contribution in [0.1, 0.15) is 63.1 Å². The molecule has 7 nitrogen and oxygen atoms in total. The fraction of sp³-hybridized carbons (Fsp3) is 0.444. The molecule has 0 amide bonds. The summed E-state index contributed by atoms with van der Waals surface area (Å²) in [5.74, 6) is 0.0182. The molecule has 0 bridgehead atoms. The summed E-state index contributed by atoms with van der Waals surface area (Å²) in [4.78, 5) is 32.8. The van der Waals surface area contributed by atoms with Crippen LogP contribution in [0.2, 0.25) is 0 Å². The fourth-order valence-electron chi connectivity index (χ4n) is 3.98. The Morgan fingerprint density at radius 3 is 2.27 bits per heavy atom. The number of hydrogen-bond donors (Lipinski definition) is 1. The highest BCUT2D eigenvalue weighted by Gasteiger charge is 2.20. The summed E-state index contributed by atoms with van der Waals surface area (Å²) >= 11 is 0. The number of benzene rings is 2. The van der Waals surface area contributed by atoms with Gasteiger partial charge in [0.25, 0.3) is 6.43 Å². The Kier molecular flexibility index (Phi) is 11.4. The van der Waals surface area contributed by atoms with Crippen LogP contribution in [0.25, 0.3) is 0 Å². The molecule has 3 rings (SSSR count). The van der Waals surface area contributed by atoms with E-state index < -0.39 is 17.8 Å². The van der Waals surface area contributed by atoms with Gasteiger partial charge in [0.05, 0.1) is 13.7 Å². The van der Waals surface area contributed by atoms with Gasteiger partial charge in [-0.15, -0.1) is 0 Å². The molecule has 0 aliphatic rings. The van der Waals surface area contributed by atoms with Gasteiger partial charge in [0.15, 0.2) is 0 Å². The number of unbranched alkanes of at least 4 members (excludes halogenated alkanes) is 1. The molecule has 1 atom stereocenters. The number of anilines is 3. The molecular weight excluding hydrogens is 483 g/mol. The first-order chi connectivity index (χ1) is 17.7. The molecule has 0 aliphatic carbocycles. The smallest absolute Gasteiger partial charge is 0.355 e. The predicted octanol–water partition coefficient (Wildman–Crippen LogP) is 5.93. The number of aromatic nitrogens is 3. The Hall–Kier alpha value is -3.56. The van der Waals surface area contributed by atoms with Crippen molar-refractivity contribution in [2.45, 2.75) is 58.5 Å². The Morgan fingerprint density at radius 1 is 1.03 bits per heavy atom. The predicted molar refractivity (Wildman–Crippen MR) is 143 cm³/mol. The summed E-state index contributed by atoms with van der Waals surface area (Å²) in [6, 6.07) is 13.1. The van der Waals surface area contributed by atoms with Crippen molar-refractivity contribution in [1.29, 1.82) is 0 Å². The standard InChI is InChI=1S/C26H33F2N5O2.CH3F/c1-5-7-11-21(6-2)33-25(34)30-24(29-20-10-8-9-19(16-20)23(27)28)32(26(33)35)17-18-12-14-22(15-13-18)31(3)4;1-2/h8-10,12-16,21,23H,5-7,11,17H2,1-4H3,(H,29,30,34);1H3. The molecule has 0 radical (unpaired) electrons. The van der Waals surface area contributed by atoms with Crippen molar-refractivity contribution in [2.75, 3.05) is 31.5 Å². The van der Waals surface area contributed by atoms with E-state index in [4.69, 9.17) is 0 Å². The minimum absolute atomic E-state index is 0.0182. The van der Waals surface area contributed by atoms with Gasteiger partial charge >= 0.3 is 11.4 Å². The first kappa shape index (κ1) is 29.7. The minimum Gasteiger partial charge on any atom is -0.378 e. The van der Waals surface area contributed by atoms with Crippen LogP contribution in [0.3, 0.4) is 0 Å². The molecule has 1 heterocycles. The molecule has 0 fully saturated rings. The lowest BCUT2D eigenvalue weighted by Crippen LogP contribution is -2.44. The first-order valence-electron chi connectivity index (χ1n) is 12.3. The van der Waals surface area contributed by atoms with E-state index in [-0.39, 0.29) is 24.1 Å². The average molecular weight is 520 g/mol. The van der Waals surface area contributed by atoms with Gasteiger partial charge in [-0.1, -0.05) is 51.0 Å². The normalized spacial score (nSPS) is 11.6. The number of alkyl halides is 3. The van der Waals surface area contributed by atoms with E-state index in [0.29, 0.717) is 25.7 Å². The zero-order chi connectivity index (χ0) is 27.5. The van der Waals surface area contributed by atoms with Crippen LogP contribution in [-0.4, -0.2) is 35.4 Å². The number of halogens is 3. The van der Waals surface area contributed by atoms with Crippen LogP contribution in [0.5, 0.6) is 0 Å². The molecular formula is C27H36F3N5O2. The molecule has 1 unspecified atom stereocenters. The van der Waals surface area contributed by atoms with E-state index in [1.807, 2.05) is 50.2 Å². The van der Waals surface area contributed by atoms with Crippen LogP contribution < -0.4 is 21.6 Å². The summed E-state index contributed by atoms with van der Waals surface area (Å²) in [5.41, 5.74) is 0.887. The molecule has 0 saturated heterocycles. The Morgan fingerprint density at radius 2 is 1.70 bits per heavy atom. The summed E-state index contributed by atoms with van der Waals surface area (Å²) in [6.45, 7) is 4.17. The van der Waals surface area contributed by atoms with Crippen molar-refractivity contribution < 1.29 is 13.2 Å². The lowest BCUT2D eigenvalue weighted by molar-refractivity contribution is 0.151. The van der Waals surface area contributed by atoms with Crippen LogP contribution in [-0.2, 0) is 6.54 Å². The van der Waals surface area contributed by atoms with Crippen molar-refractivity contribution in [1.82, 2.24) is 14.1 Å². The van der Waals surface area contributed by atoms with Gasteiger partial charge in [-0.05, 0) is 42.7 Å². The van der Waals surface area contributed by atoms with Crippen LogP contribution in [0.4, 0.5) is 30.5 Å². The van der Waals surface area contributed by atoms with Crippen molar-refractivity contribution in [2.24, 2.45) is 0 Å². The third-order valence-corrected chi connectivity index (χ3v) is 6.02. The molecule has 3 aromatic rings. The van der Waals surface area contributed by atoms with Gasteiger partial charge in [0.1, 0.15) is 0 Å². The Labute approximate surface area is 215 Å². The van der Waals surface area contributed by atoms with E-state index in [2.05, 4.69) is 17.2 Å². The van der Waals surface area contributed by atoms with Gasteiger partial charge in [0.2, 0.25) is 5.95 Å². The Bertz CT molecular complexity index is 1240. The molecule has 2 aromatic carbocycles. The van der Waals surface area contributed by atoms with Crippen molar-refractivity contribution in [3.63, 3.8) is 0 Å². The lowest BCUT2D eigenvalue weighted by atomic mass is 10.1. The molecule has 0 saturated carbocycles. The summed E-state index contributed by atoms with van der Waals surface area (Å²) in [7, 11) is 4.38. The molecule has 0 spiro atoms. The van der Waals surface area contributed by atoms with Gasteiger partial charge in [0, 0.05) is 37.1 Å². The number of rotatable bonds is 11. The largest absolute Gasteiger partial charge is 0.378 e. The van der Waals surface area contributed by atoms with Crippen molar-refractivity contribution in [3.05, 3.63) is 80.6 Å². The van der Waals surface area contributed by atoms with E-state index in [1.165, 1.54) is 27.3 Å². The highest BCUT2D eigenvalue weighted by atomic mass is 19.3. The highest BCUT2D eigenvalue weighted by molar-refractivity contribution is 5.55. The maximum Gasteiger partial charge on any atom is 0.355 e. The molecule has 0 aliphatic heterocycles. The van der Waals surface area contributed by atoms with Crippen molar-refractivity contribution in [3.8, 4) is 0 Å². The number of nitrogens with zero attached hydrogens (tertiary/aromatic N) is 4. The zero-order valence-electron chi connectivity index (χ0n) is 22.0. The minimum atomic E-state index is -2.64. The summed E-state index contributed by atoms with van der Waals surface area (Å²) in [6.07, 6.45) is 0.517. The van der Waals surface area contributed by atoms with Gasteiger partial charge in [-0.25, -0.2) is 22.9 Å². The van der Waals surface area contributed by atoms with Gasteiger partial charge < -0.3 is 10.2 Å². The highest BCUT2D eigenvalue weighted by Crippen LogP contribution is 2.24. The van der Waals surface area contributed by atoms with E-state index >= 15 is 0 Å². The average Bonchev–Trinajstić information content (AvgIpc) is 2.89. The first-order valence-corrected chi connectivity index (χ1v) is 12.3. The Balaban J connectivity index is 0.00000235. The van der Waals surface area contributed by atoms with Crippen LogP contribution in [0, 0.1) is 0 Å². The van der Waals surface area contributed by atoms with Crippen molar-refractivity contribution >= 4 is 17.3 Å². The molecule has 1 N–H and O–H groups in total. The third kappa shape index (κ3) is 7.71. The third-order valence-electron chi connectivity index (χ3n) is 6.02. The monoisotopic (exact) mass is 519 g/mol. The number of nitrogens with one attached hydrogen (secondary N) is 1. The van der Waals surface area contributed by atoms with Crippen LogP contribution in [0.15, 0.2) is 58.1 Å². The second kappa shape index (κ2) is 14.2. The van der Waals surface area contributed by atoms with E-state index in [1.54, 1.807) is 6.07 Å². The second-order valence-electron chi connectivity index (χ2n) is 8.77. The van der Waals surface area contributed by atoms with E-state index in [0.717, 1.165) is 24.1 Å². The molecule has 1 aromatic heterocycles. The SMILES string of the molecule is CCCCC(CC)n1c(=O)nc(Nc2cccc(C(F)F)c2)n(Cc2ccc(N(C)C)cc2)c1=O.CF.